The third-order valence-electron chi connectivity index (χ3n) is 2.71. The Bertz CT molecular complexity index is 1050. The van der Waals surface area contributed by atoms with E-state index < -0.39 is 11.1 Å². The Morgan fingerprint density at radius 3 is 1.65 bits per heavy atom. The van der Waals surface area contributed by atoms with Crippen LogP contribution in [0.15, 0.2) is 29.6 Å². The molecule has 10 nitrogen and oxygen atoms in total. The second-order valence-corrected chi connectivity index (χ2v) is 3.92. The molecular formula is C10H4N8O2. The zero-order valence-corrected chi connectivity index (χ0v) is 9.65. The lowest BCUT2D eigenvalue weighted by molar-refractivity contribution is 0.926. The van der Waals surface area contributed by atoms with Gasteiger partial charge in [0.2, 0.25) is 0 Å². The number of aromatic nitrogens is 4. The maximum absolute atomic E-state index is 11.8. The Morgan fingerprint density at radius 2 is 1.20 bits per heavy atom. The summed E-state index contributed by atoms with van der Waals surface area (Å²) in [5.74, 6) is 0.361. The van der Waals surface area contributed by atoms with Gasteiger partial charge in [-0.3, -0.25) is 9.59 Å². The SMILES string of the molecule is O=c1[nH]c(=c2nc3c(c(=O)[nH]2)=NC=N3)nc2c1=NC=N2. The molecule has 2 aliphatic rings. The van der Waals surface area contributed by atoms with Crippen LogP contribution in [0.2, 0.25) is 0 Å². The number of fused-ring (bicyclic) bond motifs is 2. The van der Waals surface area contributed by atoms with Crippen molar-refractivity contribution in [3.8, 4) is 0 Å². The number of H-pyrrole nitrogens is 2. The summed E-state index contributed by atoms with van der Waals surface area (Å²) in [6, 6.07) is 0. The van der Waals surface area contributed by atoms with Gasteiger partial charge >= 0.3 is 0 Å². The number of hydrogen-bond acceptors (Lipinski definition) is 8. The molecule has 0 radical (unpaired) electrons. The zero-order valence-electron chi connectivity index (χ0n) is 9.65. The van der Waals surface area contributed by atoms with Gasteiger partial charge in [0.05, 0.1) is 0 Å². The number of aromatic amines is 2. The summed E-state index contributed by atoms with van der Waals surface area (Å²) < 4.78 is 0. The number of nitrogens with one attached hydrogen (secondary N) is 2. The Hall–Kier alpha value is -3.30. The largest absolute Gasteiger partial charge is 0.302 e. The van der Waals surface area contributed by atoms with E-state index in [9.17, 15) is 9.59 Å². The summed E-state index contributed by atoms with van der Waals surface area (Å²) in [5, 5.41) is 0.260. The molecule has 0 atom stereocenters. The Kier molecular flexibility index (Phi) is 1.91. The number of aliphatic imine (C=N–C) groups is 2. The fourth-order valence-electron chi connectivity index (χ4n) is 1.83. The van der Waals surface area contributed by atoms with Crippen molar-refractivity contribution < 1.29 is 0 Å². The van der Waals surface area contributed by atoms with Gasteiger partial charge < -0.3 is 9.97 Å². The van der Waals surface area contributed by atoms with Crippen LogP contribution in [0.3, 0.4) is 0 Å². The average molecular weight is 268 g/mol. The Balaban J connectivity index is 2.22. The highest BCUT2D eigenvalue weighted by Crippen LogP contribution is 2.01. The van der Waals surface area contributed by atoms with Gasteiger partial charge in [0.1, 0.15) is 12.7 Å². The molecule has 2 N–H and O–H groups in total. The van der Waals surface area contributed by atoms with Crippen molar-refractivity contribution >= 4 is 24.3 Å². The van der Waals surface area contributed by atoms with Crippen molar-refractivity contribution in [1.29, 1.82) is 0 Å². The predicted molar refractivity (Wildman–Crippen MR) is 66.0 cm³/mol. The molecule has 0 aliphatic carbocycles. The molecule has 2 aliphatic heterocycles. The lowest BCUT2D eigenvalue weighted by Gasteiger charge is -1.92. The highest BCUT2D eigenvalue weighted by atomic mass is 16.1. The minimum absolute atomic E-state index is 0.0880. The maximum Gasteiger partial charge on any atom is 0.279 e. The monoisotopic (exact) mass is 268 g/mol. The van der Waals surface area contributed by atoms with Crippen LogP contribution < -0.4 is 21.8 Å². The summed E-state index contributed by atoms with van der Waals surface area (Å²) in [4.78, 5) is 52.0. The molecule has 2 aromatic rings. The van der Waals surface area contributed by atoms with Crippen LogP contribution in [0.4, 0.5) is 11.6 Å². The van der Waals surface area contributed by atoms with Gasteiger partial charge in [0.25, 0.3) is 11.1 Å². The quantitative estimate of drug-likeness (QED) is 0.555. The van der Waals surface area contributed by atoms with Crippen LogP contribution in [0.1, 0.15) is 0 Å². The smallest absolute Gasteiger partial charge is 0.279 e. The first kappa shape index (κ1) is 10.6. The molecule has 0 aromatic carbocycles. The van der Waals surface area contributed by atoms with Crippen LogP contribution in [0, 0.1) is 11.0 Å². The summed E-state index contributed by atoms with van der Waals surface area (Å²) in [5.41, 5.74) is -0.743. The molecule has 0 saturated heterocycles. The highest BCUT2D eigenvalue weighted by Gasteiger charge is 2.09. The van der Waals surface area contributed by atoms with Crippen LogP contribution in [0.25, 0.3) is 0 Å². The molecule has 4 heterocycles. The van der Waals surface area contributed by atoms with Gasteiger partial charge in [-0.2, -0.15) is 0 Å². The van der Waals surface area contributed by atoms with Crippen molar-refractivity contribution in [3.05, 3.63) is 42.4 Å². The Morgan fingerprint density at radius 1 is 0.750 bits per heavy atom. The molecule has 0 amide bonds. The van der Waals surface area contributed by atoms with E-state index in [2.05, 4.69) is 39.9 Å². The number of nitrogens with zero attached hydrogens (tertiary/aromatic N) is 6. The van der Waals surface area contributed by atoms with Crippen LogP contribution in [0.5, 0.6) is 0 Å². The molecule has 0 fully saturated rings. The van der Waals surface area contributed by atoms with Crippen LogP contribution in [-0.4, -0.2) is 32.6 Å². The first-order chi connectivity index (χ1) is 9.72. The van der Waals surface area contributed by atoms with E-state index in [0.717, 1.165) is 0 Å². The molecule has 0 unspecified atom stereocenters. The molecule has 96 valence electrons. The topological polar surface area (TPSA) is 141 Å². The molecule has 0 saturated carbocycles. The number of rotatable bonds is 0. The molecule has 4 rings (SSSR count). The van der Waals surface area contributed by atoms with Gasteiger partial charge in [-0.25, -0.2) is 29.9 Å². The van der Waals surface area contributed by atoms with Gasteiger partial charge in [-0.15, -0.1) is 0 Å². The van der Waals surface area contributed by atoms with Crippen molar-refractivity contribution in [3.63, 3.8) is 0 Å². The van der Waals surface area contributed by atoms with Gasteiger partial charge in [-0.1, -0.05) is 0 Å². The first-order valence-corrected chi connectivity index (χ1v) is 5.48. The van der Waals surface area contributed by atoms with E-state index in [4.69, 9.17) is 0 Å². The fraction of sp³-hybridized carbons (Fsp3) is 0. The zero-order chi connectivity index (χ0) is 13.7. The second-order valence-electron chi connectivity index (χ2n) is 3.92. The Labute approximate surface area is 107 Å². The van der Waals surface area contributed by atoms with Crippen LogP contribution in [-0.2, 0) is 0 Å². The summed E-state index contributed by atoms with van der Waals surface area (Å²) >= 11 is 0. The van der Waals surface area contributed by atoms with E-state index >= 15 is 0 Å². The third kappa shape index (κ3) is 1.38. The normalized spacial score (nSPS) is 15.6. The number of hydrogen-bond donors (Lipinski definition) is 2. The first-order valence-electron chi connectivity index (χ1n) is 5.48. The van der Waals surface area contributed by atoms with Gasteiger partial charge in [0.15, 0.2) is 33.3 Å². The maximum atomic E-state index is 11.8. The van der Waals surface area contributed by atoms with Crippen molar-refractivity contribution in [2.24, 2.45) is 20.0 Å². The molecule has 20 heavy (non-hydrogen) atoms. The van der Waals surface area contributed by atoms with Gasteiger partial charge in [-0.05, 0) is 0 Å². The summed E-state index contributed by atoms with van der Waals surface area (Å²) in [7, 11) is 0. The van der Waals surface area contributed by atoms with E-state index in [1.54, 1.807) is 0 Å². The highest BCUT2D eigenvalue weighted by molar-refractivity contribution is 5.64. The van der Waals surface area contributed by atoms with E-state index in [0.29, 0.717) is 0 Å². The predicted octanol–water partition coefficient (Wildman–Crippen LogP) is -2.27. The minimum atomic E-state index is -0.459. The van der Waals surface area contributed by atoms with Crippen LogP contribution >= 0.6 is 0 Å². The van der Waals surface area contributed by atoms with Gasteiger partial charge in [0, 0.05) is 0 Å². The lowest BCUT2D eigenvalue weighted by Crippen LogP contribution is -2.30. The average Bonchev–Trinajstić information content (AvgIpc) is 3.06. The molecule has 0 bridgehead atoms. The van der Waals surface area contributed by atoms with Crippen molar-refractivity contribution in [1.82, 2.24) is 19.9 Å². The lowest BCUT2D eigenvalue weighted by atomic mass is 10.5. The van der Waals surface area contributed by atoms with Crippen molar-refractivity contribution in [2.75, 3.05) is 0 Å². The fourth-order valence-corrected chi connectivity index (χ4v) is 1.83. The third-order valence-corrected chi connectivity index (χ3v) is 2.71. The molecule has 0 spiro atoms. The van der Waals surface area contributed by atoms with E-state index in [1.807, 2.05) is 0 Å². The summed E-state index contributed by atoms with van der Waals surface area (Å²) in [6.07, 6.45) is 2.47. The summed E-state index contributed by atoms with van der Waals surface area (Å²) in [6.45, 7) is 0. The molecule has 2 aromatic heterocycles. The minimum Gasteiger partial charge on any atom is -0.302 e. The van der Waals surface area contributed by atoms with E-state index in [-0.39, 0.29) is 33.3 Å². The standard InChI is InChI=1S/C10H4N8O2/c19-9-3-5(13-1-11-3)15-7(17-9)8-16-6-4(10(20)18-8)12-2-14-6/h1-2H,(H,17,19)(H,18,20). The molecular weight excluding hydrogens is 264 g/mol. The van der Waals surface area contributed by atoms with E-state index in [1.165, 1.54) is 12.7 Å². The van der Waals surface area contributed by atoms with Crippen molar-refractivity contribution in [2.45, 2.75) is 0 Å². The second kappa shape index (κ2) is 3.60. The molecule has 10 heteroatoms.